The summed E-state index contributed by atoms with van der Waals surface area (Å²) < 4.78 is 33.0. The second-order valence-electron chi connectivity index (χ2n) is 9.38. The van der Waals surface area contributed by atoms with Gasteiger partial charge in [-0.3, -0.25) is 9.59 Å². The SMILES string of the molecule is CC[C@@H](C)NC(=O)[C@H](CC)N(Cc1ccc(OC)cc1)C(=O)CN(C)S(=O)(=O)c1ccc2ccccc2c1. The molecule has 2 atom stereocenters. The minimum atomic E-state index is -3.95. The van der Waals surface area contributed by atoms with Crippen LogP contribution in [0.2, 0.25) is 0 Å². The van der Waals surface area contributed by atoms with Crippen molar-refractivity contribution in [1.29, 1.82) is 0 Å². The molecule has 3 rings (SSSR count). The summed E-state index contributed by atoms with van der Waals surface area (Å²) >= 11 is 0. The highest BCUT2D eigenvalue weighted by atomic mass is 32.2. The fourth-order valence-electron chi connectivity index (χ4n) is 4.16. The van der Waals surface area contributed by atoms with E-state index in [1.807, 2.05) is 57.2 Å². The smallest absolute Gasteiger partial charge is 0.243 e. The number of amides is 2. The fraction of sp³-hybridized carbons (Fsp3) is 0.379. The molecule has 0 radical (unpaired) electrons. The van der Waals surface area contributed by atoms with E-state index >= 15 is 0 Å². The van der Waals surface area contributed by atoms with Gasteiger partial charge in [0.2, 0.25) is 21.8 Å². The molecule has 0 aliphatic carbocycles. The molecule has 0 saturated heterocycles. The van der Waals surface area contributed by atoms with E-state index in [0.717, 1.165) is 27.1 Å². The standard InChI is InChI=1S/C29H37N3O5S/c1-6-21(3)30-29(34)27(7-2)32(19-22-12-15-25(37-5)16-13-22)28(33)20-31(4)38(35,36)26-17-14-23-10-8-9-11-24(23)18-26/h8-18,21,27H,6-7,19-20H2,1-5H3,(H,30,34)/t21-,27+/m1/s1. The Morgan fingerprint density at radius 2 is 1.61 bits per heavy atom. The van der Waals surface area contributed by atoms with Crippen molar-refractivity contribution in [2.24, 2.45) is 0 Å². The zero-order chi connectivity index (χ0) is 27.9. The molecule has 0 heterocycles. The van der Waals surface area contributed by atoms with Gasteiger partial charge in [-0.1, -0.05) is 56.3 Å². The molecule has 2 amide bonds. The minimum absolute atomic E-state index is 0.0505. The largest absolute Gasteiger partial charge is 0.497 e. The molecule has 0 spiro atoms. The number of nitrogens with zero attached hydrogens (tertiary/aromatic N) is 2. The lowest BCUT2D eigenvalue weighted by Gasteiger charge is -2.32. The summed E-state index contributed by atoms with van der Waals surface area (Å²) in [6, 6.07) is 18.8. The number of hydrogen-bond acceptors (Lipinski definition) is 5. The van der Waals surface area contributed by atoms with Crippen LogP contribution in [0.4, 0.5) is 0 Å². The molecule has 0 unspecified atom stereocenters. The summed E-state index contributed by atoms with van der Waals surface area (Å²) in [5.41, 5.74) is 0.800. The third-order valence-electron chi connectivity index (χ3n) is 6.69. The van der Waals surface area contributed by atoms with Crippen molar-refractivity contribution in [3.63, 3.8) is 0 Å². The number of ether oxygens (including phenoxy) is 1. The predicted octanol–water partition coefficient (Wildman–Crippen LogP) is 4.19. The van der Waals surface area contributed by atoms with Crippen LogP contribution in [-0.2, 0) is 26.2 Å². The zero-order valence-electron chi connectivity index (χ0n) is 22.7. The first-order chi connectivity index (χ1) is 18.1. The molecule has 38 heavy (non-hydrogen) atoms. The predicted molar refractivity (Wildman–Crippen MR) is 149 cm³/mol. The van der Waals surface area contributed by atoms with E-state index in [1.165, 1.54) is 11.9 Å². The highest BCUT2D eigenvalue weighted by Gasteiger charge is 2.32. The first kappa shape index (κ1) is 29.1. The van der Waals surface area contributed by atoms with E-state index in [2.05, 4.69) is 5.32 Å². The third kappa shape index (κ3) is 6.90. The highest BCUT2D eigenvalue weighted by Crippen LogP contribution is 2.22. The first-order valence-corrected chi connectivity index (χ1v) is 14.2. The lowest BCUT2D eigenvalue weighted by Crippen LogP contribution is -2.53. The van der Waals surface area contributed by atoms with Gasteiger partial charge in [0.05, 0.1) is 18.6 Å². The van der Waals surface area contributed by atoms with Gasteiger partial charge in [-0.15, -0.1) is 0 Å². The zero-order valence-corrected chi connectivity index (χ0v) is 23.5. The van der Waals surface area contributed by atoms with Crippen molar-refractivity contribution in [3.05, 3.63) is 72.3 Å². The van der Waals surface area contributed by atoms with E-state index in [1.54, 1.807) is 37.4 Å². The second kappa shape index (κ2) is 12.9. The number of nitrogens with one attached hydrogen (secondary N) is 1. The minimum Gasteiger partial charge on any atom is -0.497 e. The van der Waals surface area contributed by atoms with Gasteiger partial charge >= 0.3 is 0 Å². The number of carbonyl (C=O) groups excluding carboxylic acids is 2. The van der Waals surface area contributed by atoms with Crippen molar-refractivity contribution in [2.45, 2.75) is 57.1 Å². The van der Waals surface area contributed by atoms with Crippen LogP contribution in [-0.4, -0.2) is 62.2 Å². The number of carbonyl (C=O) groups is 2. The lowest BCUT2D eigenvalue weighted by molar-refractivity contribution is -0.141. The van der Waals surface area contributed by atoms with Crippen molar-refractivity contribution in [3.8, 4) is 5.75 Å². The number of sulfonamides is 1. The molecular weight excluding hydrogens is 502 g/mol. The van der Waals surface area contributed by atoms with Crippen LogP contribution in [0.5, 0.6) is 5.75 Å². The Morgan fingerprint density at radius 1 is 0.947 bits per heavy atom. The van der Waals surface area contributed by atoms with E-state index < -0.39 is 28.5 Å². The number of methoxy groups -OCH3 is 1. The molecule has 0 aliphatic rings. The molecule has 0 aromatic heterocycles. The number of hydrogen-bond donors (Lipinski definition) is 1. The van der Waals surface area contributed by atoms with E-state index in [4.69, 9.17) is 4.74 Å². The maximum Gasteiger partial charge on any atom is 0.243 e. The Bertz CT molecular complexity index is 1360. The Balaban J connectivity index is 1.88. The molecule has 0 aliphatic heterocycles. The average molecular weight is 540 g/mol. The maximum absolute atomic E-state index is 13.6. The van der Waals surface area contributed by atoms with Crippen LogP contribution >= 0.6 is 0 Å². The Kier molecular flexibility index (Phi) is 9.88. The van der Waals surface area contributed by atoms with Gasteiger partial charge in [-0.25, -0.2) is 8.42 Å². The first-order valence-electron chi connectivity index (χ1n) is 12.8. The Morgan fingerprint density at radius 3 is 2.21 bits per heavy atom. The molecule has 3 aromatic rings. The highest BCUT2D eigenvalue weighted by molar-refractivity contribution is 7.89. The van der Waals surface area contributed by atoms with Crippen LogP contribution < -0.4 is 10.1 Å². The van der Waals surface area contributed by atoms with Gasteiger partial charge in [0.1, 0.15) is 11.8 Å². The van der Waals surface area contributed by atoms with Crippen molar-refractivity contribution in [1.82, 2.24) is 14.5 Å². The molecule has 0 saturated carbocycles. The van der Waals surface area contributed by atoms with Gasteiger partial charge < -0.3 is 15.0 Å². The van der Waals surface area contributed by atoms with Gasteiger partial charge in [0.25, 0.3) is 0 Å². The number of fused-ring (bicyclic) bond motifs is 1. The summed E-state index contributed by atoms with van der Waals surface area (Å²) in [7, 11) is -0.992. The van der Waals surface area contributed by atoms with Gasteiger partial charge in [0.15, 0.2) is 0 Å². The summed E-state index contributed by atoms with van der Waals surface area (Å²) in [4.78, 5) is 28.4. The van der Waals surface area contributed by atoms with Crippen LogP contribution in [0.25, 0.3) is 10.8 Å². The van der Waals surface area contributed by atoms with Gasteiger partial charge in [-0.2, -0.15) is 4.31 Å². The summed E-state index contributed by atoms with van der Waals surface area (Å²) in [5, 5.41) is 4.68. The second-order valence-corrected chi connectivity index (χ2v) is 11.4. The molecule has 9 heteroatoms. The van der Waals surface area contributed by atoms with Gasteiger partial charge in [0, 0.05) is 19.6 Å². The summed E-state index contributed by atoms with van der Waals surface area (Å²) in [6.07, 6.45) is 1.13. The van der Waals surface area contributed by atoms with Crippen LogP contribution in [0.3, 0.4) is 0 Å². The number of rotatable bonds is 12. The quantitative estimate of drug-likeness (QED) is 0.372. The summed E-state index contributed by atoms with van der Waals surface area (Å²) in [5.74, 6) is -0.0445. The summed E-state index contributed by atoms with van der Waals surface area (Å²) in [6.45, 7) is 5.46. The normalized spacial score (nSPS) is 13.2. The molecule has 0 bridgehead atoms. The van der Waals surface area contributed by atoms with E-state index in [-0.39, 0.29) is 23.4 Å². The van der Waals surface area contributed by atoms with Crippen molar-refractivity contribution in [2.75, 3.05) is 20.7 Å². The Hall–Kier alpha value is -3.43. The van der Waals surface area contributed by atoms with Crippen LogP contribution in [0, 0.1) is 0 Å². The van der Waals surface area contributed by atoms with Crippen LogP contribution in [0.1, 0.15) is 39.2 Å². The Labute approximate surface area is 225 Å². The molecular formula is C29H37N3O5S. The van der Waals surface area contributed by atoms with E-state index in [9.17, 15) is 18.0 Å². The van der Waals surface area contributed by atoms with E-state index in [0.29, 0.717) is 12.2 Å². The van der Waals surface area contributed by atoms with Crippen LogP contribution in [0.15, 0.2) is 71.6 Å². The van der Waals surface area contributed by atoms with Crippen molar-refractivity contribution < 1.29 is 22.7 Å². The maximum atomic E-state index is 13.6. The fourth-order valence-corrected chi connectivity index (χ4v) is 5.32. The molecule has 3 aromatic carbocycles. The third-order valence-corrected chi connectivity index (χ3v) is 8.49. The topological polar surface area (TPSA) is 96.0 Å². The molecule has 0 fully saturated rings. The molecule has 1 N–H and O–H groups in total. The number of benzene rings is 3. The molecule has 8 nitrogen and oxygen atoms in total. The monoisotopic (exact) mass is 539 g/mol. The average Bonchev–Trinajstić information content (AvgIpc) is 2.92. The lowest BCUT2D eigenvalue weighted by atomic mass is 10.1. The number of likely N-dealkylation sites (N-methyl/N-ethyl adjacent to an activating group) is 1. The van der Waals surface area contributed by atoms with Gasteiger partial charge in [-0.05, 0) is 60.4 Å². The van der Waals surface area contributed by atoms with Crippen molar-refractivity contribution >= 4 is 32.6 Å². The molecule has 204 valence electrons.